The first-order valence-electron chi connectivity index (χ1n) is 6.56. The average Bonchev–Trinajstić information content (AvgIpc) is 2.38. The van der Waals surface area contributed by atoms with Gasteiger partial charge in [-0.05, 0) is 43.0 Å². The van der Waals surface area contributed by atoms with E-state index in [9.17, 15) is 0 Å². The molecule has 19 heavy (non-hydrogen) atoms. The molecule has 2 nitrogen and oxygen atoms in total. The van der Waals surface area contributed by atoms with E-state index in [1.807, 2.05) is 24.3 Å². The minimum atomic E-state index is -0.0436. The lowest BCUT2D eigenvalue weighted by Crippen LogP contribution is -2.16. The molecule has 2 rings (SSSR count). The van der Waals surface area contributed by atoms with Crippen molar-refractivity contribution in [2.45, 2.75) is 26.3 Å². The van der Waals surface area contributed by atoms with Crippen LogP contribution in [0.5, 0.6) is 5.75 Å². The Labute approximate surface area is 115 Å². The summed E-state index contributed by atoms with van der Waals surface area (Å²) < 4.78 is 5.49. The second kappa shape index (κ2) is 5.89. The molecule has 0 aliphatic rings. The van der Waals surface area contributed by atoms with Gasteiger partial charge >= 0.3 is 0 Å². The molecule has 0 fully saturated rings. The maximum atomic E-state index is 6.37. The zero-order valence-electron chi connectivity index (χ0n) is 11.8. The van der Waals surface area contributed by atoms with Gasteiger partial charge in [0.2, 0.25) is 0 Å². The van der Waals surface area contributed by atoms with Gasteiger partial charge in [-0.1, -0.05) is 36.4 Å². The lowest BCUT2D eigenvalue weighted by atomic mass is 9.94. The van der Waals surface area contributed by atoms with Gasteiger partial charge in [0.05, 0.1) is 7.11 Å². The Bertz CT molecular complexity index is 549. The normalized spacial score (nSPS) is 12.2. The average molecular weight is 255 g/mol. The number of nitrogens with two attached hydrogens (primary N) is 1. The van der Waals surface area contributed by atoms with Crippen molar-refractivity contribution in [2.75, 3.05) is 7.11 Å². The monoisotopic (exact) mass is 255 g/mol. The van der Waals surface area contributed by atoms with Crippen LogP contribution in [0.2, 0.25) is 0 Å². The van der Waals surface area contributed by atoms with E-state index in [1.165, 1.54) is 16.7 Å². The lowest BCUT2D eigenvalue weighted by Gasteiger charge is -2.19. The molecule has 2 aromatic rings. The Hall–Kier alpha value is -1.80. The van der Waals surface area contributed by atoms with Crippen LogP contribution in [-0.2, 0) is 6.42 Å². The SMILES string of the molecule is COc1cc(C)cc(C)c1C(N)Cc1ccccc1. The first-order valence-corrected chi connectivity index (χ1v) is 6.56. The molecule has 0 aliphatic heterocycles. The highest BCUT2D eigenvalue weighted by molar-refractivity contribution is 5.45. The van der Waals surface area contributed by atoms with Crippen LogP contribution in [0.15, 0.2) is 42.5 Å². The predicted molar refractivity (Wildman–Crippen MR) is 79.5 cm³/mol. The van der Waals surface area contributed by atoms with Crippen molar-refractivity contribution < 1.29 is 4.74 Å². The maximum absolute atomic E-state index is 6.37. The van der Waals surface area contributed by atoms with Crippen molar-refractivity contribution in [1.29, 1.82) is 0 Å². The Morgan fingerprint density at radius 2 is 1.79 bits per heavy atom. The Morgan fingerprint density at radius 1 is 1.11 bits per heavy atom. The fourth-order valence-corrected chi connectivity index (χ4v) is 2.55. The molecule has 100 valence electrons. The first-order chi connectivity index (χ1) is 9.11. The van der Waals surface area contributed by atoms with E-state index >= 15 is 0 Å². The number of ether oxygens (including phenoxy) is 1. The third-order valence-electron chi connectivity index (χ3n) is 3.38. The molecule has 0 amide bonds. The number of hydrogen-bond donors (Lipinski definition) is 1. The molecule has 2 aromatic carbocycles. The molecule has 0 saturated heterocycles. The highest BCUT2D eigenvalue weighted by Gasteiger charge is 2.15. The van der Waals surface area contributed by atoms with E-state index in [1.54, 1.807) is 7.11 Å². The maximum Gasteiger partial charge on any atom is 0.124 e. The Morgan fingerprint density at radius 3 is 2.42 bits per heavy atom. The van der Waals surface area contributed by atoms with Gasteiger partial charge in [0.15, 0.2) is 0 Å². The summed E-state index contributed by atoms with van der Waals surface area (Å²) in [6.45, 7) is 4.16. The molecule has 1 atom stereocenters. The number of rotatable bonds is 4. The van der Waals surface area contributed by atoms with Crippen LogP contribution in [0.3, 0.4) is 0 Å². The summed E-state index contributed by atoms with van der Waals surface area (Å²) in [4.78, 5) is 0. The molecule has 2 heteroatoms. The van der Waals surface area contributed by atoms with Gasteiger partial charge < -0.3 is 10.5 Å². The van der Waals surface area contributed by atoms with Gasteiger partial charge in [0, 0.05) is 11.6 Å². The topological polar surface area (TPSA) is 35.2 Å². The van der Waals surface area contributed by atoms with E-state index in [-0.39, 0.29) is 6.04 Å². The first kappa shape index (κ1) is 13.6. The summed E-state index contributed by atoms with van der Waals surface area (Å²) in [6.07, 6.45) is 0.821. The Kier molecular flexibility index (Phi) is 4.23. The van der Waals surface area contributed by atoms with Crippen molar-refractivity contribution in [3.05, 3.63) is 64.7 Å². The van der Waals surface area contributed by atoms with Crippen LogP contribution >= 0.6 is 0 Å². The van der Waals surface area contributed by atoms with Crippen LogP contribution in [0.25, 0.3) is 0 Å². The molecule has 0 heterocycles. The minimum Gasteiger partial charge on any atom is -0.496 e. The van der Waals surface area contributed by atoms with Crippen LogP contribution in [0.4, 0.5) is 0 Å². The quantitative estimate of drug-likeness (QED) is 0.906. The molecule has 1 unspecified atom stereocenters. The van der Waals surface area contributed by atoms with Gasteiger partial charge in [-0.25, -0.2) is 0 Å². The minimum absolute atomic E-state index is 0.0436. The van der Waals surface area contributed by atoms with E-state index < -0.39 is 0 Å². The number of aryl methyl sites for hydroxylation is 2. The molecule has 0 aromatic heterocycles. The third kappa shape index (κ3) is 3.15. The highest BCUT2D eigenvalue weighted by atomic mass is 16.5. The van der Waals surface area contributed by atoms with E-state index in [0.29, 0.717) is 0 Å². The van der Waals surface area contributed by atoms with Crippen LogP contribution in [0.1, 0.15) is 28.3 Å². The zero-order valence-corrected chi connectivity index (χ0v) is 11.8. The van der Waals surface area contributed by atoms with Gasteiger partial charge in [-0.15, -0.1) is 0 Å². The van der Waals surface area contributed by atoms with Crippen molar-refractivity contribution in [2.24, 2.45) is 5.73 Å². The lowest BCUT2D eigenvalue weighted by molar-refractivity contribution is 0.404. The molecule has 0 bridgehead atoms. The van der Waals surface area contributed by atoms with Crippen LogP contribution in [-0.4, -0.2) is 7.11 Å². The van der Waals surface area contributed by atoms with Crippen LogP contribution in [0, 0.1) is 13.8 Å². The van der Waals surface area contributed by atoms with E-state index in [0.717, 1.165) is 17.7 Å². The second-order valence-corrected chi connectivity index (χ2v) is 4.99. The van der Waals surface area contributed by atoms with Gasteiger partial charge in [0.25, 0.3) is 0 Å². The van der Waals surface area contributed by atoms with E-state index in [2.05, 4.69) is 32.0 Å². The number of methoxy groups -OCH3 is 1. The zero-order chi connectivity index (χ0) is 13.8. The molecule has 0 radical (unpaired) electrons. The van der Waals surface area contributed by atoms with E-state index in [4.69, 9.17) is 10.5 Å². The molecule has 0 spiro atoms. The van der Waals surface area contributed by atoms with Gasteiger partial charge in [-0.2, -0.15) is 0 Å². The standard InChI is InChI=1S/C17H21NO/c1-12-9-13(2)17(16(10-12)19-3)15(18)11-14-7-5-4-6-8-14/h4-10,15H,11,18H2,1-3H3. The summed E-state index contributed by atoms with van der Waals surface area (Å²) in [6, 6.07) is 14.5. The second-order valence-electron chi connectivity index (χ2n) is 4.99. The summed E-state index contributed by atoms with van der Waals surface area (Å²) in [5.74, 6) is 0.890. The largest absolute Gasteiger partial charge is 0.496 e. The molecular weight excluding hydrogens is 234 g/mol. The molecule has 0 aliphatic carbocycles. The van der Waals surface area contributed by atoms with Crippen molar-refractivity contribution in [3.8, 4) is 5.75 Å². The highest BCUT2D eigenvalue weighted by Crippen LogP contribution is 2.30. The fourth-order valence-electron chi connectivity index (χ4n) is 2.55. The van der Waals surface area contributed by atoms with Crippen molar-refractivity contribution in [1.82, 2.24) is 0 Å². The van der Waals surface area contributed by atoms with Gasteiger partial charge in [-0.3, -0.25) is 0 Å². The predicted octanol–water partition coefficient (Wildman–Crippen LogP) is 3.55. The summed E-state index contributed by atoms with van der Waals surface area (Å²) >= 11 is 0. The number of hydrogen-bond acceptors (Lipinski definition) is 2. The molecular formula is C17H21NO. The molecule has 0 saturated carbocycles. The number of benzene rings is 2. The summed E-state index contributed by atoms with van der Waals surface area (Å²) in [5.41, 5.74) is 11.1. The van der Waals surface area contributed by atoms with Crippen molar-refractivity contribution >= 4 is 0 Å². The third-order valence-corrected chi connectivity index (χ3v) is 3.38. The summed E-state index contributed by atoms with van der Waals surface area (Å²) in [5, 5.41) is 0. The van der Waals surface area contributed by atoms with Gasteiger partial charge in [0.1, 0.15) is 5.75 Å². The Balaban J connectivity index is 2.31. The van der Waals surface area contributed by atoms with Crippen molar-refractivity contribution in [3.63, 3.8) is 0 Å². The molecule has 2 N–H and O–H groups in total. The summed E-state index contributed by atoms with van der Waals surface area (Å²) in [7, 11) is 1.70. The fraction of sp³-hybridized carbons (Fsp3) is 0.294. The smallest absolute Gasteiger partial charge is 0.124 e. The van der Waals surface area contributed by atoms with Crippen LogP contribution < -0.4 is 10.5 Å².